The van der Waals surface area contributed by atoms with Crippen LogP contribution in [0.2, 0.25) is 0 Å². The molecule has 0 spiro atoms. The molecule has 0 bridgehead atoms. The van der Waals surface area contributed by atoms with E-state index < -0.39 is 0 Å². The maximum Gasteiger partial charge on any atom is 0.348 e. The minimum absolute atomic E-state index is 0.206. The Morgan fingerprint density at radius 1 is 1.58 bits per heavy atom. The first-order chi connectivity index (χ1) is 5.77. The van der Waals surface area contributed by atoms with E-state index in [1.165, 1.54) is 16.9 Å². The van der Waals surface area contributed by atoms with Gasteiger partial charge in [0.25, 0.3) is 0 Å². The lowest BCUT2D eigenvalue weighted by molar-refractivity contribution is 0.0532. The van der Waals surface area contributed by atoms with Gasteiger partial charge in [-0.2, -0.15) is 0 Å². The van der Waals surface area contributed by atoms with Crippen molar-refractivity contribution in [2.24, 2.45) is 0 Å². The molecule has 12 heavy (non-hydrogen) atoms. The summed E-state index contributed by atoms with van der Waals surface area (Å²) >= 11 is 1.45. The van der Waals surface area contributed by atoms with Gasteiger partial charge >= 0.3 is 5.97 Å². The molecule has 3 heteroatoms. The summed E-state index contributed by atoms with van der Waals surface area (Å²) in [6, 6.07) is 1.89. The Labute approximate surface area is 76.2 Å². The van der Waals surface area contributed by atoms with Gasteiger partial charge in [0.1, 0.15) is 4.88 Å². The van der Waals surface area contributed by atoms with Crippen molar-refractivity contribution in [2.75, 3.05) is 6.61 Å². The van der Waals surface area contributed by atoms with Gasteiger partial charge in [0.2, 0.25) is 0 Å². The summed E-state index contributed by atoms with van der Waals surface area (Å²) in [5.41, 5.74) is 1.20. The Morgan fingerprint density at radius 3 is 2.83 bits per heavy atom. The summed E-state index contributed by atoms with van der Waals surface area (Å²) in [6.07, 6.45) is 0.968. The number of hydrogen-bond donors (Lipinski definition) is 0. The summed E-state index contributed by atoms with van der Waals surface area (Å²) in [5, 5.41) is 1.99. The average molecular weight is 184 g/mol. The van der Waals surface area contributed by atoms with Gasteiger partial charge in [0.05, 0.1) is 6.61 Å². The van der Waals surface area contributed by atoms with Gasteiger partial charge in [-0.1, -0.05) is 6.92 Å². The van der Waals surface area contributed by atoms with E-state index >= 15 is 0 Å². The van der Waals surface area contributed by atoms with Crippen LogP contribution in [0.3, 0.4) is 0 Å². The largest absolute Gasteiger partial charge is 0.462 e. The molecule has 1 heterocycles. The lowest BCUT2D eigenvalue weighted by Gasteiger charge is -1.96. The monoisotopic (exact) mass is 184 g/mol. The molecule has 1 aromatic heterocycles. The van der Waals surface area contributed by atoms with Crippen molar-refractivity contribution in [3.05, 3.63) is 21.9 Å². The summed E-state index contributed by atoms with van der Waals surface area (Å²) < 4.78 is 4.86. The second-order valence-electron chi connectivity index (χ2n) is 2.39. The predicted molar refractivity (Wildman–Crippen MR) is 49.7 cm³/mol. The van der Waals surface area contributed by atoms with E-state index in [-0.39, 0.29) is 5.97 Å². The Kier molecular flexibility index (Phi) is 3.29. The van der Waals surface area contributed by atoms with Crippen LogP contribution < -0.4 is 0 Å². The maximum atomic E-state index is 11.2. The number of carbonyl (C=O) groups excluding carboxylic acids is 1. The highest BCUT2D eigenvalue weighted by atomic mass is 32.1. The van der Waals surface area contributed by atoms with E-state index in [0.29, 0.717) is 11.5 Å². The van der Waals surface area contributed by atoms with Crippen LogP contribution in [0.15, 0.2) is 11.4 Å². The molecule has 1 aromatic rings. The number of esters is 1. The zero-order chi connectivity index (χ0) is 8.97. The summed E-state index contributed by atoms with van der Waals surface area (Å²) in [5.74, 6) is -0.206. The molecular weight excluding hydrogens is 172 g/mol. The van der Waals surface area contributed by atoms with Crippen molar-refractivity contribution in [3.8, 4) is 0 Å². The fourth-order valence-corrected chi connectivity index (χ4v) is 1.76. The zero-order valence-corrected chi connectivity index (χ0v) is 8.11. The Hall–Kier alpha value is -0.830. The number of hydrogen-bond acceptors (Lipinski definition) is 3. The van der Waals surface area contributed by atoms with Gasteiger partial charge in [-0.3, -0.25) is 0 Å². The minimum Gasteiger partial charge on any atom is -0.462 e. The summed E-state index contributed by atoms with van der Waals surface area (Å²) in [4.78, 5) is 11.9. The molecule has 0 saturated heterocycles. The third-order valence-corrected chi connectivity index (χ3v) is 2.50. The average Bonchev–Trinajstić information content (AvgIpc) is 2.52. The predicted octanol–water partition coefficient (Wildman–Crippen LogP) is 2.49. The van der Waals surface area contributed by atoms with Gasteiger partial charge in [-0.05, 0) is 30.4 Å². The number of rotatable bonds is 3. The van der Waals surface area contributed by atoms with Crippen molar-refractivity contribution in [2.45, 2.75) is 20.3 Å². The molecule has 0 amide bonds. The molecule has 0 aliphatic heterocycles. The molecule has 0 aliphatic rings. The topological polar surface area (TPSA) is 26.3 Å². The van der Waals surface area contributed by atoms with E-state index in [2.05, 4.69) is 6.92 Å². The van der Waals surface area contributed by atoms with Crippen LogP contribution in [0.5, 0.6) is 0 Å². The van der Waals surface area contributed by atoms with Gasteiger partial charge in [0, 0.05) is 0 Å². The standard InChI is InChI=1S/C9H12O2S/c1-3-7-5-8(12-6-7)9(10)11-4-2/h5-6H,3-4H2,1-2H3. The molecule has 66 valence electrons. The maximum absolute atomic E-state index is 11.2. The second kappa shape index (κ2) is 4.26. The van der Waals surface area contributed by atoms with E-state index in [0.717, 1.165) is 6.42 Å². The number of thiophene rings is 1. The van der Waals surface area contributed by atoms with Crippen molar-refractivity contribution in [3.63, 3.8) is 0 Å². The first-order valence-corrected chi connectivity index (χ1v) is 4.90. The third kappa shape index (κ3) is 2.08. The Morgan fingerprint density at radius 2 is 2.33 bits per heavy atom. The molecule has 2 nitrogen and oxygen atoms in total. The van der Waals surface area contributed by atoms with Crippen LogP contribution in [0.25, 0.3) is 0 Å². The van der Waals surface area contributed by atoms with Crippen LogP contribution in [-0.2, 0) is 11.2 Å². The fraction of sp³-hybridized carbons (Fsp3) is 0.444. The Bertz CT molecular complexity index is 265. The summed E-state index contributed by atoms with van der Waals surface area (Å²) in [6.45, 7) is 4.32. The lowest BCUT2D eigenvalue weighted by Crippen LogP contribution is -2.01. The van der Waals surface area contributed by atoms with Crippen LogP contribution in [0.1, 0.15) is 29.1 Å². The minimum atomic E-state index is -0.206. The smallest absolute Gasteiger partial charge is 0.348 e. The van der Waals surface area contributed by atoms with Crippen LogP contribution in [0, 0.1) is 0 Å². The molecule has 0 N–H and O–H groups in total. The fourth-order valence-electron chi connectivity index (χ4n) is 0.870. The molecule has 0 atom stereocenters. The molecule has 0 unspecified atom stereocenters. The first kappa shape index (κ1) is 9.26. The second-order valence-corrected chi connectivity index (χ2v) is 3.30. The van der Waals surface area contributed by atoms with Crippen molar-refractivity contribution < 1.29 is 9.53 Å². The van der Waals surface area contributed by atoms with Gasteiger partial charge in [-0.25, -0.2) is 4.79 Å². The van der Waals surface area contributed by atoms with Crippen LogP contribution >= 0.6 is 11.3 Å². The highest BCUT2D eigenvalue weighted by molar-refractivity contribution is 7.12. The number of ether oxygens (including phenoxy) is 1. The van der Waals surface area contributed by atoms with Gasteiger partial charge < -0.3 is 4.74 Å². The molecule has 1 rings (SSSR count). The van der Waals surface area contributed by atoms with Crippen LogP contribution in [0.4, 0.5) is 0 Å². The molecule has 0 aromatic carbocycles. The summed E-state index contributed by atoms with van der Waals surface area (Å²) in [7, 11) is 0. The number of aryl methyl sites for hydroxylation is 1. The van der Waals surface area contributed by atoms with Gasteiger partial charge in [0.15, 0.2) is 0 Å². The highest BCUT2D eigenvalue weighted by Gasteiger charge is 2.08. The lowest BCUT2D eigenvalue weighted by atomic mass is 10.2. The molecule has 0 fully saturated rings. The third-order valence-electron chi connectivity index (χ3n) is 1.54. The quantitative estimate of drug-likeness (QED) is 0.674. The molecule has 0 aliphatic carbocycles. The van der Waals surface area contributed by atoms with Crippen molar-refractivity contribution >= 4 is 17.3 Å². The van der Waals surface area contributed by atoms with E-state index in [1.807, 2.05) is 18.4 Å². The SMILES string of the molecule is CCOC(=O)c1cc(CC)cs1. The molecule has 0 radical (unpaired) electrons. The van der Waals surface area contributed by atoms with E-state index in [1.54, 1.807) is 0 Å². The Balaban J connectivity index is 2.68. The van der Waals surface area contributed by atoms with Crippen molar-refractivity contribution in [1.29, 1.82) is 0 Å². The van der Waals surface area contributed by atoms with E-state index in [4.69, 9.17) is 4.74 Å². The van der Waals surface area contributed by atoms with E-state index in [9.17, 15) is 4.79 Å². The first-order valence-electron chi connectivity index (χ1n) is 4.02. The van der Waals surface area contributed by atoms with Crippen LogP contribution in [-0.4, -0.2) is 12.6 Å². The molecular formula is C9H12O2S. The van der Waals surface area contributed by atoms with Crippen molar-refractivity contribution in [1.82, 2.24) is 0 Å². The zero-order valence-electron chi connectivity index (χ0n) is 7.29. The normalized spacial score (nSPS) is 9.83. The highest BCUT2D eigenvalue weighted by Crippen LogP contribution is 2.15. The van der Waals surface area contributed by atoms with Gasteiger partial charge in [-0.15, -0.1) is 11.3 Å². The number of carbonyl (C=O) groups is 1. The molecule has 0 saturated carbocycles.